The molecule has 0 aromatic heterocycles. The highest BCUT2D eigenvalue weighted by atomic mass is 79.9. The Hall–Kier alpha value is -1.69. The second-order valence-corrected chi connectivity index (χ2v) is 5.00. The van der Waals surface area contributed by atoms with Crippen LogP contribution in [0.5, 0.6) is 5.75 Å². The highest BCUT2D eigenvalue weighted by Gasteiger charge is 2.29. The molecule has 0 unspecified atom stereocenters. The Labute approximate surface area is 122 Å². The zero-order valence-electron chi connectivity index (χ0n) is 10.2. The van der Waals surface area contributed by atoms with Crippen molar-refractivity contribution in [3.05, 3.63) is 58.1 Å². The summed E-state index contributed by atoms with van der Waals surface area (Å²) in [6.07, 6.45) is -4.33. The van der Waals surface area contributed by atoms with E-state index in [4.69, 9.17) is 10.5 Å². The van der Waals surface area contributed by atoms with Gasteiger partial charge in [0.1, 0.15) is 6.61 Å². The van der Waals surface area contributed by atoms with E-state index < -0.39 is 11.7 Å². The summed E-state index contributed by atoms with van der Waals surface area (Å²) in [5.74, 6) is 0.479. The van der Waals surface area contributed by atoms with E-state index >= 15 is 0 Å². The van der Waals surface area contributed by atoms with Crippen molar-refractivity contribution in [2.75, 3.05) is 5.73 Å². The fourth-order valence-corrected chi connectivity index (χ4v) is 2.12. The summed E-state index contributed by atoms with van der Waals surface area (Å²) in [4.78, 5) is 0. The molecule has 0 radical (unpaired) electrons. The largest absolute Gasteiger partial charge is 0.486 e. The summed E-state index contributed by atoms with van der Waals surface area (Å²) in [6.45, 7) is 0.144. The molecular weight excluding hydrogens is 335 g/mol. The lowest BCUT2D eigenvalue weighted by Gasteiger charge is -2.11. The van der Waals surface area contributed by atoms with Crippen molar-refractivity contribution < 1.29 is 17.9 Å². The Kier molecular flexibility index (Phi) is 4.23. The van der Waals surface area contributed by atoms with E-state index in [9.17, 15) is 13.2 Å². The van der Waals surface area contributed by atoms with Gasteiger partial charge in [-0.2, -0.15) is 13.2 Å². The van der Waals surface area contributed by atoms with Crippen molar-refractivity contribution in [3.8, 4) is 5.75 Å². The number of alkyl halides is 3. The predicted molar refractivity (Wildman–Crippen MR) is 74.3 cm³/mol. The normalized spacial score (nSPS) is 11.4. The summed E-state index contributed by atoms with van der Waals surface area (Å²) in [7, 11) is 0. The Morgan fingerprint density at radius 2 is 1.70 bits per heavy atom. The standard InChI is InChI=1S/C14H11BrF3NO/c15-11-2-1-3-12(19)13(11)20-8-9-4-6-10(7-5-9)14(16,17)18/h1-7H,8,19H2. The maximum Gasteiger partial charge on any atom is 0.416 e. The molecule has 106 valence electrons. The molecule has 2 aromatic rings. The number of rotatable bonds is 3. The van der Waals surface area contributed by atoms with Crippen LogP contribution in [-0.4, -0.2) is 0 Å². The molecule has 0 amide bonds. The molecule has 6 heteroatoms. The van der Waals surface area contributed by atoms with Crippen LogP contribution in [0.1, 0.15) is 11.1 Å². The lowest BCUT2D eigenvalue weighted by molar-refractivity contribution is -0.137. The number of halogens is 4. The van der Waals surface area contributed by atoms with Gasteiger partial charge in [0.25, 0.3) is 0 Å². The second-order valence-electron chi connectivity index (χ2n) is 4.14. The quantitative estimate of drug-likeness (QED) is 0.823. The number of anilines is 1. The SMILES string of the molecule is Nc1cccc(Br)c1OCc1ccc(C(F)(F)F)cc1. The minimum atomic E-state index is -4.33. The zero-order chi connectivity index (χ0) is 14.8. The van der Waals surface area contributed by atoms with Crippen LogP contribution >= 0.6 is 15.9 Å². The van der Waals surface area contributed by atoms with Gasteiger partial charge in [-0.15, -0.1) is 0 Å². The number of hydrogen-bond acceptors (Lipinski definition) is 2. The molecule has 0 aliphatic rings. The van der Waals surface area contributed by atoms with Gasteiger partial charge in [0.05, 0.1) is 15.7 Å². The van der Waals surface area contributed by atoms with Crippen LogP contribution in [0.2, 0.25) is 0 Å². The first-order valence-electron chi connectivity index (χ1n) is 5.71. The maximum absolute atomic E-state index is 12.4. The number of nitrogens with two attached hydrogens (primary N) is 1. The molecule has 0 saturated heterocycles. The minimum Gasteiger partial charge on any atom is -0.486 e. The zero-order valence-corrected chi connectivity index (χ0v) is 11.8. The molecule has 2 nitrogen and oxygen atoms in total. The Balaban J connectivity index is 2.08. The molecule has 0 spiro atoms. The number of para-hydroxylation sites is 1. The van der Waals surface area contributed by atoms with Crippen molar-refractivity contribution in [2.24, 2.45) is 0 Å². The van der Waals surface area contributed by atoms with Gasteiger partial charge in [-0.25, -0.2) is 0 Å². The molecule has 0 heterocycles. The fourth-order valence-electron chi connectivity index (χ4n) is 1.62. The van der Waals surface area contributed by atoms with Gasteiger partial charge < -0.3 is 10.5 Å². The number of hydrogen-bond donors (Lipinski definition) is 1. The number of ether oxygens (including phenoxy) is 1. The third-order valence-corrected chi connectivity index (χ3v) is 3.29. The molecule has 0 aliphatic carbocycles. The first-order chi connectivity index (χ1) is 9.38. The monoisotopic (exact) mass is 345 g/mol. The lowest BCUT2D eigenvalue weighted by atomic mass is 10.1. The summed E-state index contributed by atoms with van der Waals surface area (Å²) in [5.41, 5.74) is 6.18. The summed E-state index contributed by atoms with van der Waals surface area (Å²) >= 11 is 3.30. The first kappa shape index (κ1) is 14.7. The van der Waals surface area contributed by atoms with E-state index in [0.717, 1.165) is 12.1 Å². The van der Waals surface area contributed by atoms with Crippen LogP contribution < -0.4 is 10.5 Å². The molecule has 20 heavy (non-hydrogen) atoms. The van der Waals surface area contributed by atoms with Gasteiger partial charge in [0, 0.05) is 0 Å². The van der Waals surface area contributed by atoms with E-state index in [-0.39, 0.29) is 6.61 Å². The van der Waals surface area contributed by atoms with Gasteiger partial charge in [0.2, 0.25) is 0 Å². The van der Waals surface area contributed by atoms with Crippen molar-refractivity contribution in [3.63, 3.8) is 0 Å². The summed E-state index contributed by atoms with van der Waals surface area (Å²) < 4.78 is 43.5. The van der Waals surface area contributed by atoms with E-state index in [1.807, 2.05) is 0 Å². The van der Waals surface area contributed by atoms with Gasteiger partial charge in [0.15, 0.2) is 5.75 Å². The summed E-state index contributed by atoms with van der Waals surface area (Å²) in [6, 6.07) is 10.1. The lowest BCUT2D eigenvalue weighted by Crippen LogP contribution is -2.05. The minimum absolute atomic E-state index is 0.144. The molecule has 0 bridgehead atoms. The Bertz CT molecular complexity index is 576. The topological polar surface area (TPSA) is 35.2 Å². The van der Waals surface area contributed by atoms with Gasteiger partial charge in [-0.1, -0.05) is 18.2 Å². The molecule has 0 atom stereocenters. The van der Waals surface area contributed by atoms with Crippen LogP contribution in [-0.2, 0) is 12.8 Å². The van der Waals surface area contributed by atoms with Crippen molar-refractivity contribution in [2.45, 2.75) is 12.8 Å². The van der Waals surface area contributed by atoms with E-state index in [0.29, 0.717) is 21.5 Å². The van der Waals surface area contributed by atoms with E-state index in [1.165, 1.54) is 12.1 Å². The van der Waals surface area contributed by atoms with Crippen LogP contribution in [0.25, 0.3) is 0 Å². The van der Waals surface area contributed by atoms with Crippen LogP contribution in [0, 0.1) is 0 Å². The average molecular weight is 346 g/mol. The molecule has 2 aromatic carbocycles. The molecule has 2 N–H and O–H groups in total. The Morgan fingerprint density at radius 3 is 2.25 bits per heavy atom. The van der Waals surface area contributed by atoms with Crippen LogP contribution in [0.4, 0.5) is 18.9 Å². The van der Waals surface area contributed by atoms with Gasteiger partial charge in [-0.3, -0.25) is 0 Å². The molecule has 2 rings (SSSR count). The molecular formula is C14H11BrF3NO. The molecule has 0 fully saturated rings. The van der Waals surface area contributed by atoms with Crippen molar-refractivity contribution in [1.29, 1.82) is 0 Å². The number of nitrogen functional groups attached to an aromatic ring is 1. The van der Waals surface area contributed by atoms with Crippen molar-refractivity contribution in [1.82, 2.24) is 0 Å². The van der Waals surface area contributed by atoms with Crippen LogP contribution in [0.3, 0.4) is 0 Å². The second kappa shape index (κ2) is 5.75. The highest BCUT2D eigenvalue weighted by molar-refractivity contribution is 9.10. The molecule has 0 saturated carbocycles. The highest BCUT2D eigenvalue weighted by Crippen LogP contribution is 2.32. The third kappa shape index (κ3) is 3.45. The Morgan fingerprint density at radius 1 is 1.05 bits per heavy atom. The first-order valence-corrected chi connectivity index (χ1v) is 6.50. The maximum atomic E-state index is 12.4. The van der Waals surface area contributed by atoms with Crippen molar-refractivity contribution >= 4 is 21.6 Å². The number of benzene rings is 2. The molecule has 0 aliphatic heterocycles. The van der Waals surface area contributed by atoms with E-state index in [1.54, 1.807) is 18.2 Å². The van der Waals surface area contributed by atoms with E-state index in [2.05, 4.69) is 15.9 Å². The smallest absolute Gasteiger partial charge is 0.416 e. The summed E-state index contributed by atoms with van der Waals surface area (Å²) in [5, 5.41) is 0. The third-order valence-electron chi connectivity index (χ3n) is 2.66. The van der Waals surface area contributed by atoms with Gasteiger partial charge >= 0.3 is 6.18 Å². The average Bonchev–Trinajstić information content (AvgIpc) is 2.37. The predicted octanol–water partition coefficient (Wildman–Crippen LogP) is 4.63. The fraction of sp³-hybridized carbons (Fsp3) is 0.143. The van der Waals surface area contributed by atoms with Gasteiger partial charge in [-0.05, 0) is 45.8 Å². The van der Waals surface area contributed by atoms with Crippen LogP contribution in [0.15, 0.2) is 46.9 Å².